The largest absolute Gasteiger partial charge is 0.477 e. The molecule has 0 aliphatic carbocycles. The summed E-state index contributed by atoms with van der Waals surface area (Å²) >= 11 is 0. The molecular formula is C93H165N5O41. The van der Waals surface area contributed by atoms with Crippen LogP contribution in [0.1, 0.15) is 253 Å². The summed E-state index contributed by atoms with van der Waals surface area (Å²) in [7, 11) is 0. The van der Waals surface area contributed by atoms with Gasteiger partial charge in [0, 0.05) is 40.5 Å². The summed E-state index contributed by atoms with van der Waals surface area (Å²) in [6.45, 7) is -0.492. The topological polar surface area (TPSA) is 717 Å². The van der Waals surface area contributed by atoms with Gasteiger partial charge in [-0.05, 0) is 19.3 Å². The molecule has 7 heterocycles. The maximum absolute atomic E-state index is 14.1. The van der Waals surface area contributed by atoms with E-state index in [2.05, 4.69) is 40.4 Å². The van der Waals surface area contributed by atoms with Crippen molar-refractivity contribution >= 4 is 35.5 Å². The van der Waals surface area contributed by atoms with Crippen molar-refractivity contribution in [2.24, 2.45) is 0 Å². The van der Waals surface area contributed by atoms with Crippen molar-refractivity contribution in [2.75, 3.05) is 52.9 Å². The van der Waals surface area contributed by atoms with Gasteiger partial charge in [0.1, 0.15) is 165 Å². The Morgan fingerprint density at radius 1 is 0.374 bits per heavy atom. The van der Waals surface area contributed by atoms with Crippen LogP contribution in [0.2, 0.25) is 0 Å². The number of carbonyl (C=O) groups is 6. The molecule has 7 aliphatic rings. The number of ether oxygens (including phenoxy) is 14. The lowest BCUT2D eigenvalue weighted by Gasteiger charge is -2.53. The van der Waals surface area contributed by atoms with Crippen molar-refractivity contribution in [1.29, 1.82) is 0 Å². The third kappa shape index (κ3) is 36.3. The predicted octanol–water partition coefficient (Wildman–Crippen LogP) is -3.55. The highest BCUT2D eigenvalue weighted by molar-refractivity contribution is 5.77. The van der Waals surface area contributed by atoms with Crippen molar-refractivity contribution in [1.82, 2.24) is 26.6 Å². The van der Waals surface area contributed by atoms with Crippen LogP contribution in [0, 0.1) is 0 Å². The highest BCUT2D eigenvalue weighted by atomic mass is 16.8. The van der Waals surface area contributed by atoms with Crippen molar-refractivity contribution in [3.8, 4) is 0 Å². The molecule has 5 amide bonds. The number of carbonyl (C=O) groups excluding carboxylic acids is 5. The molecule has 139 heavy (non-hydrogen) atoms. The minimum Gasteiger partial charge on any atom is -0.477 e. The van der Waals surface area contributed by atoms with Gasteiger partial charge in [0.05, 0.1) is 77.1 Å². The summed E-state index contributed by atoms with van der Waals surface area (Å²) in [4.78, 5) is 79.8. The molecular weight excluding hydrogens is 1840 g/mol. The van der Waals surface area contributed by atoms with Crippen molar-refractivity contribution in [3.63, 3.8) is 0 Å². The fourth-order valence-corrected chi connectivity index (χ4v) is 18.8. The van der Waals surface area contributed by atoms with Crippen LogP contribution in [-0.4, -0.2) is 428 Å². The van der Waals surface area contributed by atoms with Gasteiger partial charge in [0.15, 0.2) is 37.7 Å². The molecule has 0 saturated carbocycles. The van der Waals surface area contributed by atoms with E-state index in [4.69, 9.17) is 66.3 Å². The number of rotatable bonds is 64. The number of aliphatic carboxylic acids is 1. The normalized spacial score (nSPS) is 36.0. The molecule has 0 aromatic carbocycles. The van der Waals surface area contributed by atoms with Crippen LogP contribution in [0.5, 0.6) is 0 Å². The summed E-state index contributed by atoms with van der Waals surface area (Å²) in [5.74, 6) is -9.84. The monoisotopic (exact) mass is 2010 g/mol. The molecule has 808 valence electrons. The van der Waals surface area contributed by atoms with Crippen LogP contribution in [0.4, 0.5) is 0 Å². The molecule has 0 spiro atoms. The first-order valence-electron chi connectivity index (χ1n) is 50.1. The van der Waals surface area contributed by atoms with Crippen LogP contribution in [0.3, 0.4) is 0 Å². The second-order valence-corrected chi connectivity index (χ2v) is 37.8. The molecule has 0 aromatic heterocycles. The lowest BCUT2D eigenvalue weighted by atomic mass is 9.88. The fraction of sp³-hybridized carbons (Fsp3) is 0.914. The highest BCUT2D eigenvalue weighted by Crippen LogP contribution is 2.43. The first-order valence-corrected chi connectivity index (χ1v) is 50.1. The van der Waals surface area contributed by atoms with E-state index in [0.29, 0.717) is 12.8 Å². The standard InChI is InChI=1S/C93H165N5O41/c1-7-9-11-13-15-17-19-21-22-23-24-25-26-28-30-32-34-36-38-40-64(113)98-54(55(110)39-37-35-33-31-29-27-20-18-16-14-12-10-8-2)49-126-89-76(121)75(120)79(62(47-104)131-89)133-91-78(123)85(139-93(92(124)125)41-56(111)65(94-50(3)106)83(138-93)69(114)57(112)42-99)80(63(48-105)132-91)134-87-68(97-53(6)109)82(72(117)60(45-102)128-87)136-90-77(122)84(73(118)61(46-103)130-90)137-88-67(96-52(5)108)81(71(116)59(44-101)129-88)135-86-66(95-51(4)107)74(119)70(115)58(43-100)127-86/h37,39,54-63,65-91,99-105,110-112,114-123H,7-36,38,40-49H2,1-6H3,(H,94,106)(H,95,107)(H,96,108)(H,97,109)(H,98,113)(H,124,125)/b39-37+/t54-,55+,56?,57+,58?,59?,60?,61?,62?,63?,65+,66?,67?,68?,69+,70-,71-,72-,73-,74+,75+,76?,77?,78?,79+,80-,81+,82+,83?,84-,85+,86+,87-,88-,89+,90-,91-,93-/m0/s1. The summed E-state index contributed by atoms with van der Waals surface area (Å²) in [5.41, 5.74) is 0. The summed E-state index contributed by atoms with van der Waals surface area (Å²) in [6.07, 6.45) is -31.2. The molecule has 14 unspecified atom stereocenters. The first-order chi connectivity index (χ1) is 66.5. The third-order valence-corrected chi connectivity index (χ3v) is 26.6. The molecule has 46 heteroatoms. The van der Waals surface area contributed by atoms with Gasteiger partial charge in [-0.15, -0.1) is 0 Å². The third-order valence-electron chi connectivity index (χ3n) is 26.6. The maximum Gasteiger partial charge on any atom is 0.364 e. The molecule has 7 saturated heterocycles. The number of allylic oxidation sites excluding steroid dienone is 1. The van der Waals surface area contributed by atoms with E-state index in [0.717, 1.165) is 91.9 Å². The number of amides is 5. The lowest BCUT2D eigenvalue weighted by Crippen LogP contribution is -2.72. The Bertz CT molecular complexity index is 3510. The molecule has 7 rings (SSSR count). The molecule has 0 aromatic rings. The smallest absolute Gasteiger partial charge is 0.364 e. The van der Waals surface area contributed by atoms with Gasteiger partial charge in [-0.25, -0.2) is 4.79 Å². The van der Waals surface area contributed by atoms with E-state index in [-0.39, 0.29) is 6.42 Å². The summed E-state index contributed by atoms with van der Waals surface area (Å²) < 4.78 is 85.5. The van der Waals surface area contributed by atoms with Gasteiger partial charge in [-0.1, -0.05) is 206 Å². The second kappa shape index (κ2) is 63.0. The zero-order valence-electron chi connectivity index (χ0n) is 81.1. The Morgan fingerprint density at radius 3 is 1.17 bits per heavy atom. The minimum atomic E-state index is -3.50. The number of nitrogens with one attached hydrogen (secondary N) is 5. The van der Waals surface area contributed by atoms with Gasteiger partial charge in [-0.2, -0.15) is 0 Å². The van der Waals surface area contributed by atoms with Crippen LogP contribution in [-0.2, 0) is 95.1 Å². The van der Waals surface area contributed by atoms with Gasteiger partial charge in [0.25, 0.3) is 5.79 Å². The highest BCUT2D eigenvalue weighted by Gasteiger charge is 2.64. The predicted molar refractivity (Wildman–Crippen MR) is 485 cm³/mol. The number of carboxylic acid groups (broad SMARTS) is 1. The van der Waals surface area contributed by atoms with Crippen LogP contribution < -0.4 is 26.6 Å². The van der Waals surface area contributed by atoms with E-state index >= 15 is 0 Å². The molecule has 26 N–H and O–H groups in total. The molecule has 0 bridgehead atoms. The minimum absolute atomic E-state index is 0.0952. The van der Waals surface area contributed by atoms with Crippen molar-refractivity contribution in [3.05, 3.63) is 12.2 Å². The Morgan fingerprint density at radius 2 is 0.727 bits per heavy atom. The zero-order chi connectivity index (χ0) is 102. The number of unbranched alkanes of at least 4 members (excludes halogenated alkanes) is 29. The van der Waals surface area contributed by atoms with Crippen molar-refractivity contribution in [2.45, 2.75) is 486 Å². The van der Waals surface area contributed by atoms with Gasteiger partial charge >= 0.3 is 5.97 Å². The number of hydrogen-bond donors (Lipinski definition) is 26. The molecule has 46 nitrogen and oxygen atoms in total. The van der Waals surface area contributed by atoms with E-state index in [1.54, 1.807) is 6.08 Å². The fourth-order valence-electron chi connectivity index (χ4n) is 18.8. The molecule has 38 atom stereocenters. The maximum atomic E-state index is 14.1. The Hall–Kier alpha value is -4.80. The Kier molecular flexibility index (Phi) is 54.9. The average molecular weight is 2010 g/mol. The Balaban J connectivity index is 1.14. The molecule has 0 radical (unpaired) electrons. The average Bonchev–Trinajstić information content (AvgIpc) is 0.739. The molecule has 7 fully saturated rings. The lowest BCUT2D eigenvalue weighted by molar-refractivity contribution is -0.404. The summed E-state index contributed by atoms with van der Waals surface area (Å²) in [5, 5.41) is 252. The second-order valence-electron chi connectivity index (χ2n) is 37.8. The number of hydrogen-bond acceptors (Lipinski definition) is 40. The van der Waals surface area contributed by atoms with Crippen LogP contribution in [0.25, 0.3) is 0 Å². The van der Waals surface area contributed by atoms with Crippen molar-refractivity contribution < 1.29 is 202 Å². The number of carboxylic acids is 1. The van der Waals surface area contributed by atoms with E-state index in [1.165, 1.54) is 128 Å². The number of aliphatic hydroxyl groups is 20. The van der Waals surface area contributed by atoms with E-state index < -0.39 is 327 Å². The van der Waals surface area contributed by atoms with E-state index in [1.807, 2.05) is 0 Å². The van der Waals surface area contributed by atoms with Gasteiger partial charge in [0.2, 0.25) is 29.5 Å². The number of aliphatic hydroxyl groups excluding tert-OH is 20. The van der Waals surface area contributed by atoms with Gasteiger partial charge in [-0.3, -0.25) is 24.0 Å². The first kappa shape index (κ1) is 121. The van der Waals surface area contributed by atoms with Gasteiger partial charge < -0.3 is 200 Å². The quantitative estimate of drug-likeness (QED) is 0.0207. The van der Waals surface area contributed by atoms with E-state index in [9.17, 15) is 136 Å². The van der Waals surface area contributed by atoms with Crippen LogP contribution >= 0.6 is 0 Å². The SMILES string of the molecule is CCCCCCCCCCCCC/C=C/[C@@H](O)[C@H](CO[C@@H]1OC(CO)[C@@H](O[C@@H]2OC(CO)[C@H](O[C@@H]3OC(CO)[C@H](O)[C@H](O[C@@H]4OC(CO)[C@H](O)[C@H](O[C@@H]5OC(CO)[C@H](O)[C@H](O[C@H]6OC(CO)[C@H](O)[C@H](O)C6NC(C)=O)C5NC(C)=O)C4O)C3NC(C)=O)[C@H](O[C@]3(C(=O)O)CC(O)[C@@H](NC(C)=O)C([C@H](O)[C@H](O)CO)O3)C2O)[C@H](O)C1O)NC(=O)CCCCCCCCCCCCCCCCCCCCC. The summed E-state index contributed by atoms with van der Waals surface area (Å²) in [6, 6.07) is -8.72. The zero-order valence-corrected chi connectivity index (χ0v) is 81.1. The molecule has 7 aliphatic heterocycles. The van der Waals surface area contributed by atoms with Crippen LogP contribution in [0.15, 0.2) is 12.2 Å². The Labute approximate surface area is 812 Å².